The number of rotatable bonds is 6. The van der Waals surface area contributed by atoms with Crippen LogP contribution in [0.2, 0.25) is 0 Å². The van der Waals surface area contributed by atoms with Gasteiger partial charge in [-0.05, 0) is 87.0 Å². The highest BCUT2D eigenvalue weighted by molar-refractivity contribution is 5.94. The molecule has 0 aliphatic carbocycles. The summed E-state index contributed by atoms with van der Waals surface area (Å²) in [5.74, 6) is 0.831. The van der Waals surface area contributed by atoms with E-state index in [0.717, 1.165) is 36.7 Å². The number of carbonyl (C=O) groups excluding carboxylic acids is 1. The molecule has 0 radical (unpaired) electrons. The second-order valence-corrected chi connectivity index (χ2v) is 9.84. The van der Waals surface area contributed by atoms with E-state index in [-0.39, 0.29) is 11.9 Å². The molecule has 0 bridgehead atoms. The fraction of sp³-hybridized carbons (Fsp3) is 0.536. The number of nitrogens with one attached hydrogen (secondary N) is 1. The maximum Gasteiger partial charge on any atom is 0.251 e. The number of benzene rings is 2. The molecule has 32 heavy (non-hydrogen) atoms. The summed E-state index contributed by atoms with van der Waals surface area (Å²) in [6.07, 6.45) is 7.85. The SMILES string of the molecule is CC1CCN(c2ccc(C(C)NC(=O)c3ccc(CN4CCCCCC4)cc3)cc2)CC1. The summed E-state index contributed by atoms with van der Waals surface area (Å²) >= 11 is 0. The first-order valence-corrected chi connectivity index (χ1v) is 12.6. The van der Waals surface area contributed by atoms with E-state index in [9.17, 15) is 4.79 Å². The van der Waals surface area contributed by atoms with Crippen LogP contribution in [0.4, 0.5) is 5.69 Å². The Morgan fingerprint density at radius 2 is 1.53 bits per heavy atom. The third kappa shape index (κ3) is 6.13. The zero-order chi connectivity index (χ0) is 22.3. The van der Waals surface area contributed by atoms with Crippen LogP contribution >= 0.6 is 0 Å². The lowest BCUT2D eigenvalue weighted by Gasteiger charge is -2.32. The monoisotopic (exact) mass is 433 g/mol. The van der Waals surface area contributed by atoms with Crippen molar-refractivity contribution in [2.75, 3.05) is 31.1 Å². The van der Waals surface area contributed by atoms with Crippen LogP contribution in [0.15, 0.2) is 48.5 Å². The third-order valence-electron chi connectivity index (χ3n) is 7.21. The summed E-state index contributed by atoms with van der Waals surface area (Å²) in [5.41, 5.74) is 4.46. The summed E-state index contributed by atoms with van der Waals surface area (Å²) in [6.45, 7) is 10.0. The number of amides is 1. The predicted octanol–water partition coefficient (Wildman–Crippen LogP) is 5.79. The Morgan fingerprint density at radius 1 is 0.906 bits per heavy atom. The van der Waals surface area contributed by atoms with Crippen LogP contribution in [-0.4, -0.2) is 37.0 Å². The topological polar surface area (TPSA) is 35.6 Å². The normalized spacial score (nSPS) is 19.4. The summed E-state index contributed by atoms with van der Waals surface area (Å²) in [7, 11) is 0. The van der Waals surface area contributed by atoms with E-state index < -0.39 is 0 Å². The molecule has 2 aromatic carbocycles. The van der Waals surface area contributed by atoms with Gasteiger partial charge in [-0.3, -0.25) is 9.69 Å². The highest BCUT2D eigenvalue weighted by Crippen LogP contribution is 2.25. The minimum Gasteiger partial charge on any atom is -0.372 e. The molecule has 2 heterocycles. The highest BCUT2D eigenvalue weighted by Gasteiger charge is 2.17. The number of anilines is 1. The lowest BCUT2D eigenvalue weighted by Crippen LogP contribution is -2.32. The molecule has 4 rings (SSSR count). The van der Waals surface area contributed by atoms with Gasteiger partial charge in [-0.2, -0.15) is 0 Å². The molecule has 4 nitrogen and oxygen atoms in total. The van der Waals surface area contributed by atoms with Crippen molar-refractivity contribution in [1.82, 2.24) is 10.2 Å². The Kier molecular flexibility index (Phi) is 7.85. The lowest BCUT2D eigenvalue weighted by molar-refractivity contribution is 0.0940. The molecule has 0 aromatic heterocycles. The van der Waals surface area contributed by atoms with Crippen LogP contribution in [0.5, 0.6) is 0 Å². The second kappa shape index (κ2) is 11.0. The van der Waals surface area contributed by atoms with Crippen molar-refractivity contribution in [2.45, 2.75) is 65.0 Å². The standard InChI is InChI=1S/C28H39N3O/c1-22-15-19-31(20-16-22)27-13-11-25(12-14-27)23(2)29-28(32)26-9-7-24(8-10-26)21-30-17-5-3-4-6-18-30/h7-14,22-23H,3-6,15-21H2,1-2H3,(H,29,32). The minimum absolute atomic E-state index is 0.00656. The van der Waals surface area contributed by atoms with E-state index in [1.807, 2.05) is 12.1 Å². The summed E-state index contributed by atoms with van der Waals surface area (Å²) in [4.78, 5) is 17.8. The van der Waals surface area contributed by atoms with Crippen LogP contribution in [0.3, 0.4) is 0 Å². The van der Waals surface area contributed by atoms with Crippen molar-refractivity contribution >= 4 is 11.6 Å². The first kappa shape index (κ1) is 22.8. The molecule has 1 amide bonds. The fourth-order valence-corrected chi connectivity index (χ4v) is 4.92. The van der Waals surface area contributed by atoms with Crippen molar-refractivity contribution in [3.63, 3.8) is 0 Å². The number of carbonyl (C=O) groups is 1. The van der Waals surface area contributed by atoms with Crippen molar-refractivity contribution in [3.8, 4) is 0 Å². The number of hydrogen-bond acceptors (Lipinski definition) is 3. The van der Waals surface area contributed by atoms with Gasteiger partial charge in [0.15, 0.2) is 0 Å². The smallest absolute Gasteiger partial charge is 0.251 e. The minimum atomic E-state index is -0.0188. The molecule has 2 aliphatic heterocycles. The number of likely N-dealkylation sites (tertiary alicyclic amines) is 1. The van der Waals surface area contributed by atoms with Gasteiger partial charge >= 0.3 is 0 Å². The molecule has 2 saturated heterocycles. The molecule has 1 N–H and O–H groups in total. The third-order valence-corrected chi connectivity index (χ3v) is 7.21. The Hall–Kier alpha value is -2.33. The summed E-state index contributed by atoms with van der Waals surface area (Å²) in [5, 5.41) is 3.16. The van der Waals surface area contributed by atoms with E-state index >= 15 is 0 Å². The van der Waals surface area contributed by atoms with E-state index in [0.29, 0.717) is 0 Å². The van der Waals surface area contributed by atoms with E-state index in [1.54, 1.807) is 0 Å². The average Bonchev–Trinajstić information content (AvgIpc) is 3.09. The predicted molar refractivity (Wildman–Crippen MR) is 133 cm³/mol. The van der Waals surface area contributed by atoms with Gasteiger partial charge < -0.3 is 10.2 Å². The Balaban J connectivity index is 1.30. The Morgan fingerprint density at radius 3 is 2.16 bits per heavy atom. The Labute approximate surface area is 194 Å². The van der Waals surface area contributed by atoms with E-state index in [2.05, 4.69) is 65.4 Å². The van der Waals surface area contributed by atoms with Crippen molar-refractivity contribution in [3.05, 3.63) is 65.2 Å². The molecular weight excluding hydrogens is 394 g/mol. The second-order valence-electron chi connectivity index (χ2n) is 9.84. The van der Waals surface area contributed by atoms with Crippen molar-refractivity contribution < 1.29 is 4.79 Å². The van der Waals surface area contributed by atoms with Crippen molar-refractivity contribution in [2.24, 2.45) is 5.92 Å². The molecule has 0 spiro atoms. The lowest BCUT2D eigenvalue weighted by atomic mass is 9.98. The Bertz CT molecular complexity index is 845. The van der Waals surface area contributed by atoms with Gasteiger partial charge in [-0.25, -0.2) is 0 Å². The molecule has 2 fully saturated rings. The number of piperidine rings is 1. The summed E-state index contributed by atoms with van der Waals surface area (Å²) < 4.78 is 0. The summed E-state index contributed by atoms with van der Waals surface area (Å²) in [6, 6.07) is 16.8. The molecular formula is C28H39N3O. The van der Waals surface area contributed by atoms with Crippen LogP contribution in [0, 0.1) is 5.92 Å². The van der Waals surface area contributed by atoms with Crippen LogP contribution in [-0.2, 0) is 6.54 Å². The van der Waals surface area contributed by atoms with Gasteiger partial charge in [0.2, 0.25) is 0 Å². The van der Waals surface area contributed by atoms with E-state index in [4.69, 9.17) is 0 Å². The van der Waals surface area contributed by atoms with Gasteiger partial charge in [-0.1, -0.05) is 44.0 Å². The molecule has 2 aliphatic rings. The molecule has 4 heteroatoms. The molecule has 172 valence electrons. The average molecular weight is 434 g/mol. The highest BCUT2D eigenvalue weighted by atomic mass is 16.1. The number of hydrogen-bond donors (Lipinski definition) is 1. The zero-order valence-corrected chi connectivity index (χ0v) is 19.9. The first-order valence-electron chi connectivity index (χ1n) is 12.6. The molecule has 2 aromatic rings. The quantitative estimate of drug-likeness (QED) is 0.626. The zero-order valence-electron chi connectivity index (χ0n) is 19.9. The van der Waals surface area contributed by atoms with Gasteiger partial charge in [-0.15, -0.1) is 0 Å². The number of nitrogens with zero attached hydrogens (tertiary/aromatic N) is 2. The van der Waals surface area contributed by atoms with E-state index in [1.165, 1.54) is 62.9 Å². The maximum atomic E-state index is 12.8. The van der Waals surface area contributed by atoms with Gasteiger partial charge in [0.1, 0.15) is 0 Å². The maximum absolute atomic E-state index is 12.8. The van der Waals surface area contributed by atoms with Crippen LogP contribution in [0.1, 0.15) is 79.9 Å². The molecule has 1 unspecified atom stereocenters. The van der Waals surface area contributed by atoms with Gasteiger partial charge in [0.05, 0.1) is 6.04 Å². The molecule has 0 saturated carbocycles. The van der Waals surface area contributed by atoms with Gasteiger partial charge in [0, 0.05) is 30.9 Å². The molecule has 1 atom stereocenters. The van der Waals surface area contributed by atoms with Crippen LogP contribution < -0.4 is 10.2 Å². The first-order chi connectivity index (χ1) is 15.6. The fourth-order valence-electron chi connectivity index (χ4n) is 4.92. The van der Waals surface area contributed by atoms with Gasteiger partial charge in [0.25, 0.3) is 5.91 Å². The van der Waals surface area contributed by atoms with Crippen LogP contribution in [0.25, 0.3) is 0 Å². The van der Waals surface area contributed by atoms with Crippen molar-refractivity contribution in [1.29, 1.82) is 0 Å². The largest absolute Gasteiger partial charge is 0.372 e.